The van der Waals surface area contributed by atoms with Gasteiger partial charge in [-0.15, -0.1) is 11.3 Å². The van der Waals surface area contributed by atoms with Crippen LogP contribution in [0.4, 0.5) is 17.1 Å². The second-order valence-corrected chi connectivity index (χ2v) is 12.4. The van der Waals surface area contributed by atoms with Gasteiger partial charge < -0.3 is 4.90 Å². The molecule has 44 heavy (non-hydrogen) atoms. The van der Waals surface area contributed by atoms with Crippen molar-refractivity contribution in [2.24, 2.45) is 0 Å². The van der Waals surface area contributed by atoms with Crippen molar-refractivity contribution in [3.8, 4) is 11.1 Å². The lowest BCUT2D eigenvalue weighted by atomic mass is 9.94. The van der Waals surface area contributed by atoms with Crippen molar-refractivity contribution in [3.05, 3.63) is 164 Å². The van der Waals surface area contributed by atoms with E-state index in [9.17, 15) is 0 Å². The molecule has 0 saturated carbocycles. The lowest BCUT2D eigenvalue weighted by Gasteiger charge is -2.30. The maximum Gasteiger partial charge on any atom is 0.0546 e. The minimum atomic E-state index is 1.15. The Morgan fingerprint density at radius 1 is 0.386 bits per heavy atom. The zero-order valence-electron chi connectivity index (χ0n) is 23.9. The van der Waals surface area contributed by atoms with Crippen LogP contribution in [-0.4, -0.2) is 0 Å². The lowest BCUT2D eigenvalue weighted by Crippen LogP contribution is -2.12. The van der Waals surface area contributed by atoms with E-state index in [-0.39, 0.29) is 0 Å². The molecule has 1 nitrogen and oxygen atoms in total. The van der Waals surface area contributed by atoms with Gasteiger partial charge in [0.2, 0.25) is 0 Å². The number of rotatable bonds is 4. The number of para-hydroxylation sites is 1. The minimum absolute atomic E-state index is 1.15. The third kappa shape index (κ3) is 3.92. The van der Waals surface area contributed by atoms with Gasteiger partial charge in [0.15, 0.2) is 0 Å². The summed E-state index contributed by atoms with van der Waals surface area (Å²) < 4.78 is 2.61. The van der Waals surface area contributed by atoms with Crippen molar-refractivity contribution in [1.29, 1.82) is 0 Å². The van der Waals surface area contributed by atoms with Crippen LogP contribution < -0.4 is 4.90 Å². The van der Waals surface area contributed by atoms with E-state index in [4.69, 9.17) is 0 Å². The van der Waals surface area contributed by atoms with Crippen LogP contribution in [0.2, 0.25) is 0 Å². The van der Waals surface area contributed by atoms with Gasteiger partial charge in [-0.25, -0.2) is 0 Å². The highest BCUT2D eigenvalue weighted by atomic mass is 32.1. The van der Waals surface area contributed by atoms with Crippen LogP contribution in [0.25, 0.3) is 63.6 Å². The summed E-state index contributed by atoms with van der Waals surface area (Å²) in [5.74, 6) is 0. The van der Waals surface area contributed by atoms with E-state index in [1.165, 1.54) is 69.3 Å². The van der Waals surface area contributed by atoms with Crippen LogP contribution in [0.3, 0.4) is 0 Å². The maximum atomic E-state index is 2.48. The molecule has 1 aromatic heterocycles. The Hall–Kier alpha value is -5.44. The van der Waals surface area contributed by atoms with Crippen LogP contribution in [-0.2, 0) is 0 Å². The first kappa shape index (κ1) is 25.1. The monoisotopic (exact) mass is 577 g/mol. The summed E-state index contributed by atoms with van der Waals surface area (Å²) in [5.41, 5.74) is 5.88. The van der Waals surface area contributed by atoms with Gasteiger partial charge in [-0.3, -0.25) is 0 Å². The third-order valence-corrected chi connectivity index (χ3v) is 9.95. The molecule has 8 aromatic carbocycles. The molecular formula is C42H27NS. The summed E-state index contributed by atoms with van der Waals surface area (Å²) in [5, 5.41) is 10.2. The van der Waals surface area contributed by atoms with Crippen LogP contribution in [0.5, 0.6) is 0 Å². The molecule has 0 aliphatic carbocycles. The summed E-state index contributed by atoms with van der Waals surface area (Å²) in [6, 6.07) is 59.8. The topological polar surface area (TPSA) is 3.24 Å². The first-order valence-electron chi connectivity index (χ1n) is 15.0. The van der Waals surface area contributed by atoms with Gasteiger partial charge >= 0.3 is 0 Å². The highest BCUT2D eigenvalue weighted by molar-refractivity contribution is 7.25. The number of hydrogen-bond donors (Lipinski definition) is 0. The van der Waals surface area contributed by atoms with Crippen molar-refractivity contribution >= 4 is 80.9 Å². The third-order valence-electron chi connectivity index (χ3n) is 8.82. The molecule has 0 atom stereocenters. The standard InChI is InChI=1S/C42H27NS/c1-2-12-28(13-3-1)32-16-8-10-20-38(32)43(31-23-25-36-35-19-9-11-21-40(35)44-41(36)27-31)39-26-30-15-5-7-18-34(30)42-33-17-6-4-14-29(33)22-24-37(39)42/h1-27H. The SMILES string of the molecule is c1ccc(-c2ccccc2N(c2ccc3c(c2)sc2ccccc23)c2cc3ccccc3c3c2ccc2ccccc23)cc1. The van der Waals surface area contributed by atoms with Gasteiger partial charge in [-0.05, 0) is 62.8 Å². The predicted octanol–water partition coefficient (Wildman–Crippen LogP) is 12.7. The largest absolute Gasteiger partial charge is 0.309 e. The molecule has 0 fully saturated rings. The van der Waals surface area contributed by atoms with Crippen molar-refractivity contribution in [2.75, 3.05) is 4.90 Å². The molecule has 0 radical (unpaired) electrons. The zero-order chi connectivity index (χ0) is 29.0. The average molecular weight is 578 g/mol. The first-order valence-corrected chi connectivity index (χ1v) is 15.8. The molecule has 0 saturated heterocycles. The smallest absolute Gasteiger partial charge is 0.0546 e. The molecule has 0 unspecified atom stereocenters. The summed E-state index contributed by atoms with van der Waals surface area (Å²) in [7, 11) is 0. The normalized spacial score (nSPS) is 11.6. The fourth-order valence-corrected chi connectivity index (χ4v) is 7.97. The molecule has 0 aliphatic heterocycles. The van der Waals surface area contributed by atoms with Gasteiger partial charge in [0.25, 0.3) is 0 Å². The lowest BCUT2D eigenvalue weighted by molar-refractivity contribution is 1.31. The highest BCUT2D eigenvalue weighted by Gasteiger charge is 2.22. The molecule has 9 rings (SSSR count). The zero-order valence-corrected chi connectivity index (χ0v) is 24.8. The summed E-state index contributed by atoms with van der Waals surface area (Å²) in [4.78, 5) is 2.48. The molecule has 0 aliphatic rings. The fourth-order valence-electron chi connectivity index (χ4n) is 6.83. The molecule has 1 heterocycles. The van der Waals surface area contributed by atoms with Crippen LogP contribution in [0, 0.1) is 0 Å². The van der Waals surface area contributed by atoms with Gasteiger partial charge in [0.05, 0.1) is 11.4 Å². The number of nitrogens with zero attached hydrogens (tertiary/aromatic N) is 1. The number of fused-ring (bicyclic) bond motifs is 8. The Morgan fingerprint density at radius 3 is 1.89 bits per heavy atom. The summed E-state index contributed by atoms with van der Waals surface area (Å²) in [6.07, 6.45) is 0. The van der Waals surface area contributed by atoms with E-state index < -0.39 is 0 Å². The second-order valence-electron chi connectivity index (χ2n) is 11.3. The molecular weight excluding hydrogens is 551 g/mol. The van der Waals surface area contributed by atoms with Gasteiger partial charge in [-0.2, -0.15) is 0 Å². The van der Waals surface area contributed by atoms with Gasteiger partial charge in [-0.1, -0.05) is 133 Å². The van der Waals surface area contributed by atoms with Crippen LogP contribution in [0.1, 0.15) is 0 Å². The molecule has 2 heteroatoms. The molecule has 206 valence electrons. The van der Waals surface area contributed by atoms with E-state index in [1.54, 1.807) is 0 Å². The maximum absolute atomic E-state index is 2.48. The fraction of sp³-hybridized carbons (Fsp3) is 0. The molecule has 0 spiro atoms. The Balaban J connectivity index is 1.41. The van der Waals surface area contributed by atoms with E-state index in [2.05, 4.69) is 169 Å². The van der Waals surface area contributed by atoms with E-state index >= 15 is 0 Å². The van der Waals surface area contributed by atoms with E-state index in [1.807, 2.05) is 11.3 Å². The second kappa shape index (κ2) is 10.1. The summed E-state index contributed by atoms with van der Waals surface area (Å²) in [6.45, 7) is 0. The van der Waals surface area contributed by atoms with Crippen molar-refractivity contribution in [2.45, 2.75) is 0 Å². The van der Waals surface area contributed by atoms with Crippen molar-refractivity contribution in [3.63, 3.8) is 0 Å². The molecule has 0 N–H and O–H groups in total. The predicted molar refractivity (Wildman–Crippen MR) is 192 cm³/mol. The molecule has 0 bridgehead atoms. The number of hydrogen-bond acceptors (Lipinski definition) is 2. The van der Waals surface area contributed by atoms with E-state index in [0.717, 1.165) is 11.4 Å². The quantitative estimate of drug-likeness (QED) is 0.188. The Labute approximate surface area is 259 Å². The van der Waals surface area contributed by atoms with Crippen LogP contribution in [0.15, 0.2) is 164 Å². The summed E-state index contributed by atoms with van der Waals surface area (Å²) >= 11 is 1.87. The van der Waals surface area contributed by atoms with Crippen LogP contribution >= 0.6 is 11.3 Å². The van der Waals surface area contributed by atoms with E-state index in [0.29, 0.717) is 0 Å². The number of benzene rings is 8. The van der Waals surface area contributed by atoms with Crippen molar-refractivity contribution in [1.82, 2.24) is 0 Å². The highest BCUT2D eigenvalue weighted by Crippen LogP contribution is 2.48. The first-order chi connectivity index (χ1) is 21.8. The molecule has 0 amide bonds. The molecule has 9 aromatic rings. The minimum Gasteiger partial charge on any atom is -0.309 e. The van der Waals surface area contributed by atoms with Crippen molar-refractivity contribution < 1.29 is 0 Å². The average Bonchev–Trinajstić information content (AvgIpc) is 3.47. The number of thiophene rings is 1. The Bertz CT molecular complexity index is 2490. The van der Waals surface area contributed by atoms with Gasteiger partial charge in [0.1, 0.15) is 0 Å². The number of anilines is 3. The van der Waals surface area contributed by atoms with Gasteiger partial charge in [0, 0.05) is 36.8 Å². The Kier molecular flexibility index (Phi) is 5.75. The Morgan fingerprint density at radius 2 is 1.02 bits per heavy atom.